The molecule has 0 aliphatic carbocycles. The Kier molecular flexibility index (Phi) is 10.9. The van der Waals surface area contributed by atoms with Crippen molar-refractivity contribution in [2.45, 2.75) is 44.9 Å². The molecule has 0 bridgehead atoms. The summed E-state index contributed by atoms with van der Waals surface area (Å²) in [6, 6.07) is 21.9. The summed E-state index contributed by atoms with van der Waals surface area (Å²) in [6.07, 6.45) is 5.19. The molecule has 0 saturated carbocycles. The van der Waals surface area contributed by atoms with E-state index in [-0.39, 0.29) is 43.8 Å². The van der Waals surface area contributed by atoms with Crippen molar-refractivity contribution >= 4 is 40.7 Å². The number of anilines is 2. The van der Waals surface area contributed by atoms with Gasteiger partial charge in [-0.1, -0.05) is 73.1 Å². The molecule has 1 saturated heterocycles. The maximum Gasteiger partial charge on any atom is 0.264 e. The van der Waals surface area contributed by atoms with Gasteiger partial charge in [-0.05, 0) is 60.8 Å². The van der Waals surface area contributed by atoms with Crippen LogP contribution in [0, 0.1) is 11.8 Å². The molecule has 1 unspecified atom stereocenters. The number of hydrogen-bond acceptors (Lipinski definition) is 6. The molecule has 3 aromatic rings. The predicted octanol–water partition coefficient (Wildman–Crippen LogP) is 4.62. The van der Waals surface area contributed by atoms with Crippen LogP contribution in [0.25, 0.3) is 0 Å². The first-order valence-corrected chi connectivity index (χ1v) is 16.1. The topological polar surface area (TPSA) is 122 Å². The summed E-state index contributed by atoms with van der Waals surface area (Å²) in [6.45, 7) is 3.90. The molecular formula is C36H41ClN4O5. The first kappa shape index (κ1) is 33.3. The number of nitrogens with one attached hydrogen (secondary N) is 2. The highest BCUT2D eigenvalue weighted by Gasteiger charge is 2.52. The molecule has 242 valence electrons. The number of rotatable bonds is 12. The van der Waals surface area contributed by atoms with Crippen molar-refractivity contribution in [3.63, 3.8) is 0 Å². The SMILES string of the molecule is C[C@@H](/C=C/CC(=O)N(CCO)Cc1ccccc1)[C@]1(O)C(=O)N(Cc2cccc(NC(=O)C3CCCNC3)c2)c2ccc(Cl)cc21. The Morgan fingerprint density at radius 1 is 1.13 bits per heavy atom. The zero-order valence-electron chi connectivity index (χ0n) is 26.0. The Balaban J connectivity index is 1.30. The van der Waals surface area contributed by atoms with Crippen molar-refractivity contribution in [1.82, 2.24) is 10.2 Å². The number of halogens is 1. The number of carbonyl (C=O) groups is 3. The third-order valence-corrected chi connectivity index (χ3v) is 8.98. The van der Waals surface area contributed by atoms with Crippen LogP contribution in [0.4, 0.5) is 11.4 Å². The monoisotopic (exact) mass is 644 g/mol. The van der Waals surface area contributed by atoms with Gasteiger partial charge in [-0.15, -0.1) is 0 Å². The molecule has 0 spiro atoms. The Morgan fingerprint density at radius 3 is 2.65 bits per heavy atom. The zero-order valence-corrected chi connectivity index (χ0v) is 26.7. The summed E-state index contributed by atoms with van der Waals surface area (Å²) in [7, 11) is 0. The van der Waals surface area contributed by atoms with Crippen molar-refractivity contribution in [3.05, 3.63) is 107 Å². The lowest BCUT2D eigenvalue weighted by molar-refractivity contribution is -0.139. The van der Waals surface area contributed by atoms with Gasteiger partial charge < -0.3 is 30.6 Å². The van der Waals surface area contributed by atoms with Gasteiger partial charge in [0.15, 0.2) is 5.60 Å². The summed E-state index contributed by atoms with van der Waals surface area (Å²) in [5, 5.41) is 28.2. The smallest absolute Gasteiger partial charge is 0.264 e. The molecule has 2 aliphatic heterocycles. The minimum Gasteiger partial charge on any atom is -0.395 e. The Labute approximate surface area is 274 Å². The van der Waals surface area contributed by atoms with Gasteiger partial charge >= 0.3 is 0 Å². The van der Waals surface area contributed by atoms with Crippen LogP contribution in [0.1, 0.15) is 42.9 Å². The maximum atomic E-state index is 14.0. The largest absolute Gasteiger partial charge is 0.395 e. The average molecular weight is 645 g/mol. The predicted molar refractivity (Wildman–Crippen MR) is 179 cm³/mol. The molecular weight excluding hydrogens is 604 g/mol. The van der Waals surface area contributed by atoms with Crippen LogP contribution in [0.3, 0.4) is 0 Å². The molecule has 0 aromatic heterocycles. The zero-order chi connectivity index (χ0) is 32.7. The van der Waals surface area contributed by atoms with E-state index < -0.39 is 17.4 Å². The second-order valence-electron chi connectivity index (χ2n) is 12.0. The minimum absolute atomic E-state index is 0.0328. The van der Waals surface area contributed by atoms with Gasteiger partial charge in [0.2, 0.25) is 11.8 Å². The fourth-order valence-corrected chi connectivity index (χ4v) is 6.36. The summed E-state index contributed by atoms with van der Waals surface area (Å²) in [5.74, 6) is -1.49. The van der Waals surface area contributed by atoms with Crippen LogP contribution in [-0.2, 0) is 33.1 Å². The third-order valence-electron chi connectivity index (χ3n) is 8.75. The normalized spacial score (nSPS) is 20.0. The van der Waals surface area contributed by atoms with Crippen LogP contribution in [0.2, 0.25) is 5.02 Å². The quantitative estimate of drug-likeness (QED) is 0.214. The van der Waals surface area contributed by atoms with Gasteiger partial charge in [0.25, 0.3) is 5.91 Å². The van der Waals surface area contributed by atoms with E-state index in [1.807, 2.05) is 54.6 Å². The van der Waals surface area contributed by atoms with Gasteiger partial charge in [0.1, 0.15) is 0 Å². The molecule has 46 heavy (non-hydrogen) atoms. The highest BCUT2D eigenvalue weighted by atomic mass is 35.5. The van der Waals surface area contributed by atoms with Crippen LogP contribution in [-0.4, -0.2) is 59.1 Å². The summed E-state index contributed by atoms with van der Waals surface area (Å²) in [5.41, 5.74) is 1.43. The third kappa shape index (κ3) is 7.50. The van der Waals surface area contributed by atoms with Gasteiger partial charge in [0.05, 0.1) is 24.8 Å². The van der Waals surface area contributed by atoms with E-state index in [0.717, 1.165) is 30.5 Å². The lowest BCUT2D eigenvalue weighted by Gasteiger charge is -2.28. The van der Waals surface area contributed by atoms with Crippen molar-refractivity contribution in [2.24, 2.45) is 11.8 Å². The van der Waals surface area contributed by atoms with Crippen molar-refractivity contribution in [3.8, 4) is 0 Å². The van der Waals surface area contributed by atoms with E-state index in [4.69, 9.17) is 11.6 Å². The number of aliphatic hydroxyl groups is 2. The Bertz CT molecular complexity index is 1580. The first-order valence-electron chi connectivity index (χ1n) is 15.7. The van der Waals surface area contributed by atoms with E-state index in [9.17, 15) is 24.6 Å². The molecule has 3 atom stereocenters. The number of carbonyl (C=O) groups excluding carboxylic acids is 3. The molecule has 3 amide bonds. The molecule has 10 heteroatoms. The molecule has 4 N–H and O–H groups in total. The molecule has 2 aliphatic rings. The van der Waals surface area contributed by atoms with Crippen LogP contribution >= 0.6 is 11.6 Å². The number of benzene rings is 3. The second kappa shape index (κ2) is 15.0. The standard InChI is InChI=1S/C36H41ClN4O5/c1-25(8-5-14-33(43)40(18-19-42)23-26-9-3-2-4-10-26)36(46)31-21-29(37)15-16-32(31)41(35(36)45)24-27-11-6-13-30(20-27)39-34(44)28-12-7-17-38-22-28/h2-6,8-11,13,15-16,20-21,25,28,38,42,46H,7,12,14,17-19,22-24H2,1H3,(H,39,44)/b8-5+/t25-,28?,36+/m0/s1. The number of aliphatic hydroxyl groups excluding tert-OH is 1. The van der Waals surface area contributed by atoms with Crippen LogP contribution in [0.15, 0.2) is 84.9 Å². The van der Waals surface area contributed by atoms with E-state index in [1.54, 1.807) is 42.2 Å². The minimum atomic E-state index is -1.91. The van der Waals surface area contributed by atoms with E-state index in [0.29, 0.717) is 35.1 Å². The lowest BCUT2D eigenvalue weighted by atomic mass is 9.83. The molecule has 9 nitrogen and oxygen atoms in total. The molecule has 1 fully saturated rings. The number of fused-ring (bicyclic) bond motifs is 1. The molecule has 2 heterocycles. The molecule has 5 rings (SSSR count). The fourth-order valence-electron chi connectivity index (χ4n) is 6.18. The van der Waals surface area contributed by atoms with Gasteiger partial charge in [-0.2, -0.15) is 0 Å². The van der Waals surface area contributed by atoms with Crippen LogP contribution < -0.4 is 15.5 Å². The second-order valence-corrected chi connectivity index (χ2v) is 12.4. The lowest BCUT2D eigenvalue weighted by Crippen LogP contribution is -2.44. The summed E-state index contributed by atoms with van der Waals surface area (Å²) in [4.78, 5) is 43.0. The maximum absolute atomic E-state index is 14.0. The summed E-state index contributed by atoms with van der Waals surface area (Å²) >= 11 is 6.35. The number of nitrogens with zero attached hydrogens (tertiary/aromatic N) is 2. The Morgan fingerprint density at radius 2 is 1.91 bits per heavy atom. The van der Waals surface area contributed by atoms with E-state index in [1.165, 1.54) is 4.90 Å². The number of amides is 3. The highest BCUT2D eigenvalue weighted by Crippen LogP contribution is 2.46. The van der Waals surface area contributed by atoms with E-state index in [2.05, 4.69) is 10.6 Å². The first-order chi connectivity index (χ1) is 22.2. The van der Waals surface area contributed by atoms with Crippen LogP contribution in [0.5, 0.6) is 0 Å². The van der Waals surface area contributed by atoms with Gasteiger partial charge in [0, 0.05) is 48.2 Å². The summed E-state index contributed by atoms with van der Waals surface area (Å²) < 4.78 is 0. The van der Waals surface area contributed by atoms with Crippen molar-refractivity contribution in [2.75, 3.05) is 36.5 Å². The van der Waals surface area contributed by atoms with Crippen molar-refractivity contribution < 1.29 is 24.6 Å². The molecule has 3 aromatic carbocycles. The highest BCUT2D eigenvalue weighted by molar-refractivity contribution is 6.31. The number of piperidine rings is 1. The van der Waals surface area contributed by atoms with Crippen molar-refractivity contribution in [1.29, 1.82) is 0 Å². The van der Waals surface area contributed by atoms with Gasteiger partial charge in [-0.25, -0.2) is 0 Å². The van der Waals surface area contributed by atoms with Gasteiger partial charge in [-0.3, -0.25) is 14.4 Å². The average Bonchev–Trinajstić information content (AvgIpc) is 3.27. The van der Waals surface area contributed by atoms with E-state index >= 15 is 0 Å². The Hall–Kier alpha value is -4.02. The fraction of sp³-hybridized carbons (Fsp3) is 0.361. The number of hydrogen-bond donors (Lipinski definition) is 4. The molecule has 0 radical (unpaired) electrons.